The number of carboxylic acids is 1. The summed E-state index contributed by atoms with van der Waals surface area (Å²) in [5, 5.41) is 12.4. The van der Waals surface area contributed by atoms with Crippen LogP contribution < -0.4 is 0 Å². The van der Waals surface area contributed by atoms with Gasteiger partial charge in [0.15, 0.2) is 5.78 Å². The minimum absolute atomic E-state index is 0.0205. The fraction of sp³-hybridized carbons (Fsp3) is 0.650. The number of allylic oxidation sites excluding steroid dienone is 3. The first-order valence-electron chi connectivity index (χ1n) is 9.39. The number of ketones is 1. The van der Waals surface area contributed by atoms with Crippen LogP contribution in [0.3, 0.4) is 0 Å². The highest BCUT2D eigenvalue weighted by molar-refractivity contribution is 5.89. The van der Waals surface area contributed by atoms with Crippen LogP contribution in [0.5, 0.6) is 0 Å². The Hall–Kier alpha value is -1.91. The third-order valence-corrected chi connectivity index (χ3v) is 4.23. The second-order valence-electron chi connectivity index (χ2n) is 6.46. The summed E-state index contributed by atoms with van der Waals surface area (Å²) in [6, 6.07) is 0. The molecule has 1 N–H and O–H groups in total. The highest BCUT2D eigenvalue weighted by Gasteiger charge is 2.22. The Labute approximate surface area is 150 Å². The first-order chi connectivity index (χ1) is 12.1. The number of aliphatic carboxylic acids is 1. The monoisotopic (exact) mass is 349 g/mol. The molecule has 1 aliphatic rings. The summed E-state index contributed by atoms with van der Waals surface area (Å²) in [5.74, 6) is -0.480. The van der Waals surface area contributed by atoms with Crippen LogP contribution in [0.1, 0.15) is 71.1 Å². The van der Waals surface area contributed by atoms with E-state index in [4.69, 9.17) is 9.94 Å². The van der Waals surface area contributed by atoms with E-state index < -0.39 is 5.97 Å². The molecule has 5 heteroatoms. The molecule has 0 aromatic rings. The van der Waals surface area contributed by atoms with Gasteiger partial charge in [0.05, 0.1) is 0 Å². The maximum absolute atomic E-state index is 12.0. The molecular formula is C20H31NO4. The molecule has 2 unspecified atom stereocenters. The summed E-state index contributed by atoms with van der Waals surface area (Å²) in [6.07, 6.45) is 17.6. The van der Waals surface area contributed by atoms with Crippen molar-refractivity contribution in [3.05, 3.63) is 24.3 Å². The molecule has 0 aliphatic carbocycles. The van der Waals surface area contributed by atoms with Crippen LogP contribution >= 0.6 is 0 Å². The zero-order valence-corrected chi connectivity index (χ0v) is 15.2. The van der Waals surface area contributed by atoms with Crippen molar-refractivity contribution in [1.82, 2.24) is 0 Å². The molecule has 1 aliphatic heterocycles. The molecule has 0 radical (unpaired) electrons. The second kappa shape index (κ2) is 13.4. The van der Waals surface area contributed by atoms with E-state index >= 15 is 0 Å². The average molecular weight is 349 g/mol. The lowest BCUT2D eigenvalue weighted by atomic mass is 9.95. The van der Waals surface area contributed by atoms with Gasteiger partial charge in [-0.3, -0.25) is 9.59 Å². The maximum atomic E-state index is 12.0. The zero-order valence-electron chi connectivity index (χ0n) is 15.2. The standard InChI is InChI=1S/C20H31NO4/c1-2-3-4-8-11-18(22)14-13-17(19-15-16-21-25-19)10-7-5-6-9-12-20(23)24/h5,7,13-14,16-17,19H,2-4,6,8-12,15H2,1H3,(H,23,24). The molecule has 1 rings (SSSR count). The van der Waals surface area contributed by atoms with E-state index in [0.717, 1.165) is 32.1 Å². The van der Waals surface area contributed by atoms with Gasteiger partial charge in [0.25, 0.3) is 0 Å². The molecule has 0 amide bonds. The number of carboxylic acid groups (broad SMARTS) is 1. The van der Waals surface area contributed by atoms with Gasteiger partial charge >= 0.3 is 5.97 Å². The van der Waals surface area contributed by atoms with E-state index in [2.05, 4.69) is 12.1 Å². The number of hydrogen-bond acceptors (Lipinski definition) is 4. The Balaban J connectivity index is 2.39. The fourth-order valence-electron chi connectivity index (χ4n) is 2.70. The van der Waals surface area contributed by atoms with Gasteiger partial charge in [-0.2, -0.15) is 0 Å². The topological polar surface area (TPSA) is 76.0 Å². The predicted octanol–water partition coefficient (Wildman–Crippen LogP) is 4.67. The molecule has 0 aromatic carbocycles. The minimum atomic E-state index is -0.761. The van der Waals surface area contributed by atoms with Crippen LogP contribution in [0.2, 0.25) is 0 Å². The molecule has 1 heterocycles. The molecule has 140 valence electrons. The lowest BCUT2D eigenvalue weighted by Crippen LogP contribution is -2.17. The Morgan fingerprint density at radius 3 is 2.76 bits per heavy atom. The summed E-state index contributed by atoms with van der Waals surface area (Å²) in [4.78, 5) is 27.8. The van der Waals surface area contributed by atoms with Gasteiger partial charge in [0.2, 0.25) is 0 Å². The van der Waals surface area contributed by atoms with Crippen molar-refractivity contribution in [2.75, 3.05) is 0 Å². The quantitative estimate of drug-likeness (QED) is 0.281. The van der Waals surface area contributed by atoms with Crippen molar-refractivity contribution in [3.63, 3.8) is 0 Å². The molecule has 0 bridgehead atoms. The third-order valence-electron chi connectivity index (χ3n) is 4.23. The van der Waals surface area contributed by atoms with Crippen molar-refractivity contribution in [1.29, 1.82) is 0 Å². The normalized spacial score (nSPS) is 18.0. The summed E-state index contributed by atoms with van der Waals surface area (Å²) < 4.78 is 0. The van der Waals surface area contributed by atoms with Gasteiger partial charge in [-0.25, -0.2) is 0 Å². The van der Waals surface area contributed by atoms with E-state index in [1.807, 2.05) is 18.2 Å². The van der Waals surface area contributed by atoms with Crippen molar-refractivity contribution >= 4 is 18.0 Å². The highest BCUT2D eigenvalue weighted by Crippen LogP contribution is 2.21. The average Bonchev–Trinajstić information content (AvgIpc) is 3.11. The van der Waals surface area contributed by atoms with Crippen molar-refractivity contribution in [2.24, 2.45) is 11.1 Å². The van der Waals surface area contributed by atoms with Gasteiger partial charge in [-0.15, -0.1) is 0 Å². The summed E-state index contributed by atoms with van der Waals surface area (Å²) in [5.41, 5.74) is 0. The fourth-order valence-corrected chi connectivity index (χ4v) is 2.70. The van der Waals surface area contributed by atoms with Gasteiger partial charge in [0, 0.05) is 31.4 Å². The van der Waals surface area contributed by atoms with Gasteiger partial charge in [0.1, 0.15) is 6.10 Å². The number of carbonyl (C=O) groups is 2. The number of oxime groups is 1. The van der Waals surface area contributed by atoms with E-state index in [0.29, 0.717) is 12.8 Å². The van der Waals surface area contributed by atoms with E-state index in [9.17, 15) is 9.59 Å². The lowest BCUT2D eigenvalue weighted by Gasteiger charge is -2.16. The van der Waals surface area contributed by atoms with Gasteiger partial charge in [-0.05, 0) is 31.8 Å². The third kappa shape index (κ3) is 10.5. The second-order valence-corrected chi connectivity index (χ2v) is 6.46. The van der Waals surface area contributed by atoms with Crippen molar-refractivity contribution in [2.45, 2.75) is 77.2 Å². The molecule has 0 saturated carbocycles. The van der Waals surface area contributed by atoms with Crippen LogP contribution in [-0.4, -0.2) is 29.2 Å². The molecule has 0 fully saturated rings. The lowest BCUT2D eigenvalue weighted by molar-refractivity contribution is -0.137. The number of nitrogens with zero attached hydrogens (tertiary/aromatic N) is 1. The van der Waals surface area contributed by atoms with Crippen LogP contribution in [-0.2, 0) is 14.4 Å². The Bertz CT molecular complexity index is 474. The summed E-state index contributed by atoms with van der Waals surface area (Å²) >= 11 is 0. The SMILES string of the molecule is CCCCCCC(=O)C=CC(CC=CCCCC(=O)O)C1CC=NO1. The highest BCUT2D eigenvalue weighted by atomic mass is 16.6. The van der Waals surface area contributed by atoms with Crippen LogP contribution in [0.15, 0.2) is 29.5 Å². The summed E-state index contributed by atoms with van der Waals surface area (Å²) in [6.45, 7) is 2.16. The molecule has 0 spiro atoms. The van der Waals surface area contributed by atoms with Crippen LogP contribution in [0.25, 0.3) is 0 Å². The molecule has 0 saturated heterocycles. The Morgan fingerprint density at radius 2 is 2.08 bits per heavy atom. The van der Waals surface area contributed by atoms with Crippen molar-refractivity contribution < 1.29 is 19.5 Å². The Morgan fingerprint density at radius 1 is 1.24 bits per heavy atom. The number of hydrogen-bond donors (Lipinski definition) is 1. The molecule has 2 atom stereocenters. The van der Waals surface area contributed by atoms with E-state index in [1.54, 1.807) is 12.3 Å². The van der Waals surface area contributed by atoms with E-state index in [-0.39, 0.29) is 24.2 Å². The number of unbranched alkanes of at least 4 members (excludes halogenated alkanes) is 4. The smallest absolute Gasteiger partial charge is 0.303 e. The number of rotatable bonds is 14. The molecule has 25 heavy (non-hydrogen) atoms. The maximum Gasteiger partial charge on any atom is 0.303 e. The largest absolute Gasteiger partial charge is 0.481 e. The molecular weight excluding hydrogens is 318 g/mol. The first-order valence-corrected chi connectivity index (χ1v) is 9.39. The molecule has 5 nitrogen and oxygen atoms in total. The number of carbonyl (C=O) groups excluding carboxylic acids is 1. The predicted molar refractivity (Wildman–Crippen MR) is 99.6 cm³/mol. The first kappa shape index (κ1) is 21.1. The zero-order chi connectivity index (χ0) is 18.3. The minimum Gasteiger partial charge on any atom is -0.481 e. The molecule has 0 aromatic heterocycles. The van der Waals surface area contributed by atoms with Crippen LogP contribution in [0.4, 0.5) is 0 Å². The van der Waals surface area contributed by atoms with Gasteiger partial charge < -0.3 is 9.94 Å². The Kier molecular flexibility index (Phi) is 11.3. The van der Waals surface area contributed by atoms with E-state index in [1.165, 1.54) is 12.8 Å². The summed E-state index contributed by atoms with van der Waals surface area (Å²) in [7, 11) is 0. The van der Waals surface area contributed by atoms with Gasteiger partial charge in [-0.1, -0.05) is 49.6 Å². The van der Waals surface area contributed by atoms with Crippen molar-refractivity contribution in [3.8, 4) is 0 Å². The van der Waals surface area contributed by atoms with Crippen LogP contribution in [0, 0.1) is 5.92 Å².